The minimum absolute atomic E-state index is 0. The normalized spacial score (nSPS) is 11.1. The Morgan fingerprint density at radius 3 is 1.29 bits per heavy atom. The molecule has 0 saturated heterocycles. The zero-order valence-corrected chi connectivity index (χ0v) is 14.6. The first-order chi connectivity index (χ1) is 5.89. The summed E-state index contributed by atoms with van der Waals surface area (Å²) in [6.45, 7) is 14.3. The monoisotopic (exact) mass is 286 g/mol. The van der Waals surface area contributed by atoms with E-state index in [9.17, 15) is 0 Å². The van der Waals surface area contributed by atoms with Gasteiger partial charge in [-0.3, -0.25) is 4.05 Å². The van der Waals surface area contributed by atoms with Crippen LogP contribution in [0.2, 0.25) is 16.6 Å². The maximum atomic E-state index is 5.57. The summed E-state index contributed by atoms with van der Waals surface area (Å²) in [6.07, 6.45) is 5.57. The van der Waals surface area contributed by atoms with Crippen LogP contribution in [-0.4, -0.2) is 25.3 Å². The van der Waals surface area contributed by atoms with E-state index in [1.54, 1.807) is 0 Å². The van der Waals surface area contributed by atoms with Gasteiger partial charge in [-0.15, -0.1) is 17.0 Å². The van der Waals surface area contributed by atoms with Gasteiger partial charge in [-0.05, 0) is 5.72 Å². The first kappa shape index (κ1) is 17.4. The largest absolute Gasteiger partial charge is 0.473 e. The number of halogens is 1. The molecule has 0 aromatic rings. The summed E-state index contributed by atoms with van der Waals surface area (Å²) < 4.78 is 3.05. The van der Waals surface area contributed by atoms with Gasteiger partial charge in [0.25, 0.3) is 0 Å². The molecule has 0 aromatic carbocycles. The smallest absolute Gasteiger partial charge is 0.285 e. The molecule has 0 aliphatic rings. The molecule has 0 nitrogen and oxygen atoms in total. The van der Waals surface area contributed by atoms with Crippen molar-refractivity contribution in [2.45, 2.75) is 58.2 Å². The van der Waals surface area contributed by atoms with Gasteiger partial charge in [-0.2, -0.15) is 6.42 Å². The molecule has 0 aromatic heterocycles. The van der Waals surface area contributed by atoms with Gasteiger partial charge < -0.3 is 0 Å². The maximum Gasteiger partial charge on any atom is 0.473 e. The average molecular weight is 288 g/mol. The third-order valence-corrected chi connectivity index (χ3v) is 20.7. The molecule has 0 unspecified atom stereocenters. The minimum Gasteiger partial charge on any atom is -0.285 e. The second-order valence-electron chi connectivity index (χ2n) is 4.96. The molecule has 0 radical (unpaired) electrons. The molecule has 0 aliphatic heterocycles. The van der Waals surface area contributed by atoms with Crippen LogP contribution in [0.4, 0.5) is 0 Å². The highest BCUT2D eigenvalue weighted by Crippen LogP contribution is 2.39. The van der Waals surface area contributed by atoms with Crippen LogP contribution >= 0.6 is 17.0 Å². The second kappa shape index (κ2) is 7.32. The van der Waals surface area contributed by atoms with E-state index >= 15 is 0 Å². The molecule has 0 spiro atoms. The van der Waals surface area contributed by atoms with Crippen molar-refractivity contribution in [1.82, 2.24) is 0 Å². The van der Waals surface area contributed by atoms with Crippen molar-refractivity contribution in [1.29, 1.82) is 0 Å². The third kappa shape index (κ3) is 3.55. The van der Waals surface area contributed by atoms with Crippen LogP contribution in [0.3, 0.4) is 0 Å². The first-order valence-corrected chi connectivity index (χ1v) is 10.6. The molecule has 0 bridgehead atoms. The van der Waals surface area contributed by atoms with Gasteiger partial charge >= 0.3 is 19.6 Å². The fraction of sp³-hybridized carbons (Fsp3) is 0.818. The van der Waals surface area contributed by atoms with E-state index < -0.39 is 5.72 Å². The summed E-state index contributed by atoms with van der Waals surface area (Å²) in [4.78, 5) is 0. The Morgan fingerprint density at radius 1 is 0.929 bits per heavy atom. The number of rotatable bonds is 4. The highest BCUT2D eigenvalue weighted by molar-refractivity contribution is 8.93. The molecule has 0 aliphatic carbocycles. The van der Waals surface area contributed by atoms with E-state index in [1.165, 1.54) is 0 Å². The second-order valence-corrected chi connectivity index (χ2v) is 16.1. The quantitative estimate of drug-likeness (QED) is 0.541. The van der Waals surface area contributed by atoms with Crippen LogP contribution < -0.4 is 0 Å². The Labute approximate surface area is 110 Å². The Bertz CT molecular complexity index is 172. The number of hydrogen-bond acceptors (Lipinski definition) is 0. The molecule has 0 atom stereocenters. The van der Waals surface area contributed by atoms with Gasteiger partial charge in [-0.1, -0.05) is 58.2 Å². The SMILES string of the molecule is Br.C#[C][Mg][Si](C(C)C)(C(C)C)C(C)C. The highest BCUT2D eigenvalue weighted by atomic mass is 79.9. The summed E-state index contributed by atoms with van der Waals surface area (Å²) in [7, 11) is 0. The summed E-state index contributed by atoms with van der Waals surface area (Å²) in [5.41, 5.74) is 1.45. The Kier molecular flexibility index (Phi) is 9.11. The molecule has 0 heterocycles. The molecular weight excluding hydrogens is 264 g/mol. The van der Waals surface area contributed by atoms with Crippen molar-refractivity contribution in [3.63, 3.8) is 0 Å². The fourth-order valence-electron chi connectivity index (χ4n) is 2.79. The van der Waals surface area contributed by atoms with Crippen molar-refractivity contribution >= 4 is 42.3 Å². The van der Waals surface area contributed by atoms with Crippen molar-refractivity contribution in [2.75, 3.05) is 0 Å². The summed E-state index contributed by atoms with van der Waals surface area (Å²) in [6, 6.07) is 0. The molecule has 14 heavy (non-hydrogen) atoms. The standard InChI is InChI=1S/C9H21Si.C2H.BrH.Mg/c1-7(2)10(8(3)4)9(5)6;1-2;;/h7-9H,1-6H3;1H;1H;. The summed E-state index contributed by atoms with van der Waals surface area (Å²) >= 11 is -0.247. The Morgan fingerprint density at radius 2 is 1.21 bits per heavy atom. The van der Waals surface area contributed by atoms with Crippen LogP contribution in [0.15, 0.2) is 0 Å². The molecular formula is C11H23BrMgSi. The van der Waals surface area contributed by atoms with Gasteiger partial charge in [0.05, 0.1) is 0 Å². The van der Waals surface area contributed by atoms with Crippen LogP contribution in [-0.2, 0) is 0 Å². The van der Waals surface area contributed by atoms with Crippen LogP contribution in [0.1, 0.15) is 41.5 Å². The summed E-state index contributed by atoms with van der Waals surface area (Å²) in [5.74, 6) is 0. The Balaban J connectivity index is 0. The lowest BCUT2D eigenvalue weighted by Crippen LogP contribution is -2.50. The van der Waals surface area contributed by atoms with E-state index in [-0.39, 0.29) is 36.6 Å². The van der Waals surface area contributed by atoms with Crippen LogP contribution in [0, 0.1) is 10.5 Å². The van der Waals surface area contributed by atoms with E-state index in [2.05, 4.69) is 45.6 Å². The predicted octanol–water partition coefficient (Wildman–Crippen LogP) is 4.03. The van der Waals surface area contributed by atoms with E-state index in [0.717, 1.165) is 16.6 Å². The zero-order chi connectivity index (χ0) is 10.6. The molecule has 0 rings (SSSR count). The lowest BCUT2D eigenvalue weighted by Gasteiger charge is -2.43. The number of hydrogen-bond donors (Lipinski definition) is 0. The first-order valence-electron chi connectivity index (χ1n) is 5.33. The molecule has 0 amide bonds. The van der Waals surface area contributed by atoms with Crippen LogP contribution in [0.5, 0.6) is 0 Å². The molecule has 3 heteroatoms. The van der Waals surface area contributed by atoms with Gasteiger partial charge in [0, 0.05) is 0 Å². The lowest BCUT2D eigenvalue weighted by molar-refractivity contribution is 0.847. The maximum absolute atomic E-state index is 5.57. The number of terminal acetylenes is 1. The molecule has 0 N–H and O–H groups in total. The predicted molar refractivity (Wildman–Crippen MR) is 76.0 cm³/mol. The van der Waals surface area contributed by atoms with Gasteiger partial charge in [0.2, 0.25) is 0 Å². The zero-order valence-electron chi connectivity index (χ0n) is 10.4. The Hall–Kier alpha value is 1.02. The van der Waals surface area contributed by atoms with Gasteiger partial charge in [-0.25, -0.2) is 0 Å². The van der Waals surface area contributed by atoms with Crippen LogP contribution in [0.25, 0.3) is 0 Å². The summed E-state index contributed by atoms with van der Waals surface area (Å²) in [5, 5.41) is 0. The highest BCUT2D eigenvalue weighted by Gasteiger charge is 2.42. The fourth-order valence-corrected chi connectivity index (χ4v) is 13.1. The van der Waals surface area contributed by atoms with Crippen molar-refractivity contribution in [3.8, 4) is 10.5 Å². The van der Waals surface area contributed by atoms with E-state index in [1.807, 2.05) is 0 Å². The lowest BCUT2D eigenvalue weighted by atomic mass is 10.5. The van der Waals surface area contributed by atoms with Crippen molar-refractivity contribution in [3.05, 3.63) is 0 Å². The molecule has 0 saturated carbocycles. The van der Waals surface area contributed by atoms with E-state index in [0.29, 0.717) is 0 Å². The van der Waals surface area contributed by atoms with Crippen molar-refractivity contribution in [2.24, 2.45) is 0 Å². The average Bonchev–Trinajstić information content (AvgIpc) is 1.97. The van der Waals surface area contributed by atoms with Gasteiger partial charge in [0.15, 0.2) is 0 Å². The van der Waals surface area contributed by atoms with Crippen molar-refractivity contribution < 1.29 is 0 Å². The van der Waals surface area contributed by atoms with E-state index in [4.69, 9.17) is 6.42 Å². The topological polar surface area (TPSA) is 0 Å². The third-order valence-electron chi connectivity index (χ3n) is 3.63. The van der Waals surface area contributed by atoms with Gasteiger partial charge in [0.1, 0.15) is 0 Å². The molecule has 80 valence electrons. The molecule has 0 fully saturated rings. The minimum atomic E-state index is -1.12.